The third kappa shape index (κ3) is 10.1. The molecule has 324 valence electrons. The Labute approximate surface area is 346 Å². The fourth-order valence-corrected chi connectivity index (χ4v) is 7.01. The number of benzene rings is 4. The zero-order valence-electron chi connectivity index (χ0n) is 34.2. The number of nitrogens with one attached hydrogen (secondary N) is 6. The number of amides is 3. The van der Waals surface area contributed by atoms with Crippen LogP contribution in [0.25, 0.3) is 0 Å². The van der Waals surface area contributed by atoms with E-state index in [1.54, 1.807) is 20.8 Å². The molecule has 4 aromatic carbocycles. The van der Waals surface area contributed by atoms with Crippen LogP contribution in [0.3, 0.4) is 0 Å². The quantitative estimate of drug-likeness (QED) is 0.0505. The first-order chi connectivity index (χ1) is 28.4. The van der Waals surface area contributed by atoms with Crippen molar-refractivity contribution < 1.29 is 60.3 Å². The van der Waals surface area contributed by atoms with Gasteiger partial charge in [0.15, 0.2) is 34.5 Å². The molecule has 0 aliphatic carbocycles. The van der Waals surface area contributed by atoms with Crippen LogP contribution in [-0.4, -0.2) is 82.2 Å². The fraction of sp³-hybridized carbons (Fsp3) is 0.357. The van der Waals surface area contributed by atoms with E-state index in [4.69, 9.17) is 0 Å². The van der Waals surface area contributed by atoms with Gasteiger partial charge in [-0.15, -0.1) is 0 Å². The van der Waals surface area contributed by atoms with Crippen LogP contribution in [0.2, 0.25) is 0 Å². The van der Waals surface area contributed by atoms with Crippen LogP contribution in [0.15, 0.2) is 36.4 Å². The summed E-state index contributed by atoms with van der Waals surface area (Å²) >= 11 is 0. The molecule has 18 nitrogen and oxygen atoms in total. The van der Waals surface area contributed by atoms with Crippen LogP contribution in [-0.2, 0) is 38.9 Å². The molecule has 0 fully saturated rings. The van der Waals surface area contributed by atoms with E-state index in [-0.39, 0.29) is 36.3 Å². The van der Waals surface area contributed by atoms with E-state index < -0.39 is 88.0 Å². The highest BCUT2D eigenvalue weighted by Gasteiger charge is 2.25. The van der Waals surface area contributed by atoms with Gasteiger partial charge in [0, 0.05) is 19.6 Å². The van der Waals surface area contributed by atoms with Gasteiger partial charge < -0.3 is 61.9 Å². The molecular weight excluding hydrogens is 780 g/mol. The Hall–Kier alpha value is -6.63. The lowest BCUT2D eigenvalue weighted by Crippen LogP contribution is -2.44. The molecule has 60 heavy (non-hydrogen) atoms. The number of hydrogen-bond acceptors (Lipinski definition) is 15. The van der Waals surface area contributed by atoms with Gasteiger partial charge in [0.2, 0.25) is 17.2 Å². The number of phenols is 9. The highest BCUT2D eigenvalue weighted by atomic mass is 16.3. The van der Waals surface area contributed by atoms with Gasteiger partial charge >= 0.3 is 0 Å². The summed E-state index contributed by atoms with van der Waals surface area (Å²) in [6, 6.07) is 6.81. The Bertz CT molecular complexity index is 1980. The molecule has 0 bridgehead atoms. The molecular formula is C42H54N6O12. The van der Waals surface area contributed by atoms with Crippen LogP contribution in [0.1, 0.15) is 106 Å². The first-order valence-electron chi connectivity index (χ1n) is 19.4. The summed E-state index contributed by atoms with van der Waals surface area (Å²) in [6.07, 6.45) is -0.227. The van der Waals surface area contributed by atoms with Crippen molar-refractivity contribution in [2.24, 2.45) is 0 Å². The van der Waals surface area contributed by atoms with E-state index in [2.05, 4.69) is 31.9 Å². The minimum atomic E-state index is -0.819. The third-order valence-electron chi connectivity index (χ3n) is 10.2. The number of phenolic OH excluding ortho intramolecular Hbond substituents is 9. The molecule has 0 saturated heterocycles. The van der Waals surface area contributed by atoms with Gasteiger partial charge in [0.05, 0.1) is 35.2 Å². The number of hydrogen-bond donors (Lipinski definition) is 15. The number of aromatic hydroxyl groups is 9. The Morgan fingerprint density at radius 3 is 0.850 bits per heavy atom. The van der Waals surface area contributed by atoms with Crippen LogP contribution in [0.4, 0.5) is 0 Å². The van der Waals surface area contributed by atoms with Crippen LogP contribution < -0.4 is 31.9 Å². The summed E-state index contributed by atoms with van der Waals surface area (Å²) in [5, 5.41) is 108. The standard InChI is InChI=1S/C42H54N6O12/c1-7-22-28(16-43-19(4)46-40(58)25-10-13-31(49)37(55)34(25)52)23(8-2)30(18-45-21(6)48-42(60)27-12-15-33(51)39(57)36(27)54)24(9-3)29(22)17-44-20(5)47-41(59)26-11-14-32(50)38(56)35(26)53/h10-15,19-21,43-45,49-57H,7-9,16-18H2,1-6H3,(H,46,58)(H,47,59)(H,48,60). The summed E-state index contributed by atoms with van der Waals surface area (Å²) in [5.41, 5.74) is 5.05. The van der Waals surface area contributed by atoms with Gasteiger partial charge in [-0.2, -0.15) is 0 Å². The average Bonchev–Trinajstić information content (AvgIpc) is 3.20. The molecule has 4 aromatic rings. The maximum atomic E-state index is 13.1. The van der Waals surface area contributed by atoms with E-state index in [1.165, 1.54) is 18.2 Å². The minimum Gasteiger partial charge on any atom is -0.504 e. The molecule has 0 saturated carbocycles. The molecule has 0 spiro atoms. The smallest absolute Gasteiger partial charge is 0.256 e. The Kier molecular flexibility index (Phi) is 15.3. The molecule has 3 atom stereocenters. The second-order valence-electron chi connectivity index (χ2n) is 14.1. The van der Waals surface area contributed by atoms with Crippen molar-refractivity contribution in [2.45, 2.75) is 98.9 Å². The molecule has 0 aromatic heterocycles. The average molecular weight is 835 g/mol. The third-order valence-corrected chi connectivity index (χ3v) is 10.2. The Morgan fingerprint density at radius 2 is 0.633 bits per heavy atom. The lowest BCUT2D eigenvalue weighted by molar-refractivity contribution is 0.0920. The van der Waals surface area contributed by atoms with Crippen molar-refractivity contribution in [3.8, 4) is 51.7 Å². The maximum Gasteiger partial charge on any atom is 0.256 e. The van der Waals surface area contributed by atoms with Gasteiger partial charge in [-0.3, -0.25) is 30.3 Å². The molecule has 0 heterocycles. The highest BCUT2D eigenvalue weighted by Crippen LogP contribution is 2.39. The molecule has 0 aliphatic rings. The van der Waals surface area contributed by atoms with E-state index >= 15 is 0 Å². The summed E-state index contributed by atoms with van der Waals surface area (Å²) < 4.78 is 0. The number of rotatable bonds is 18. The van der Waals surface area contributed by atoms with E-state index in [0.717, 1.165) is 51.6 Å². The van der Waals surface area contributed by atoms with Crippen LogP contribution in [0, 0.1) is 0 Å². The SMILES string of the molecule is CCc1c(CNC(C)NC(=O)c2ccc(O)c(O)c2O)c(CC)c(CNC(C)NC(=O)c2ccc(O)c(O)c2O)c(CC)c1CNC(C)NC(=O)c1ccc(O)c(O)c1O. The summed E-state index contributed by atoms with van der Waals surface area (Å²) in [4.78, 5) is 39.2. The monoisotopic (exact) mass is 834 g/mol. The summed E-state index contributed by atoms with van der Waals surface area (Å²) in [5.74, 6) is -8.61. The van der Waals surface area contributed by atoms with Gasteiger partial charge in [0.1, 0.15) is 0 Å². The molecule has 0 radical (unpaired) electrons. The molecule has 3 amide bonds. The summed E-state index contributed by atoms with van der Waals surface area (Å²) in [7, 11) is 0. The van der Waals surface area contributed by atoms with Gasteiger partial charge in [-0.05, 0) is 110 Å². The second kappa shape index (κ2) is 19.9. The number of carbonyl (C=O) groups excluding carboxylic acids is 3. The first kappa shape index (κ1) is 46.1. The van der Waals surface area contributed by atoms with E-state index in [9.17, 15) is 60.3 Å². The Morgan fingerprint density at radius 1 is 0.400 bits per heavy atom. The van der Waals surface area contributed by atoms with Gasteiger partial charge in [-0.1, -0.05) is 20.8 Å². The molecule has 4 rings (SSSR count). The Balaban J connectivity index is 1.66. The predicted molar refractivity (Wildman–Crippen MR) is 220 cm³/mol. The van der Waals surface area contributed by atoms with Crippen LogP contribution in [0.5, 0.6) is 51.7 Å². The van der Waals surface area contributed by atoms with Crippen molar-refractivity contribution in [1.29, 1.82) is 0 Å². The maximum absolute atomic E-state index is 13.1. The lowest BCUT2D eigenvalue weighted by atomic mass is 9.83. The first-order valence-corrected chi connectivity index (χ1v) is 19.4. The van der Waals surface area contributed by atoms with Crippen LogP contribution >= 0.6 is 0 Å². The topological polar surface area (TPSA) is 305 Å². The molecule has 3 unspecified atom stereocenters. The largest absolute Gasteiger partial charge is 0.504 e. The minimum absolute atomic E-state index is 0.242. The van der Waals surface area contributed by atoms with E-state index in [1.807, 2.05) is 20.8 Å². The predicted octanol–water partition coefficient (Wildman–Crippen LogP) is 3.32. The van der Waals surface area contributed by atoms with Crippen molar-refractivity contribution in [1.82, 2.24) is 31.9 Å². The molecule has 15 N–H and O–H groups in total. The highest BCUT2D eigenvalue weighted by molar-refractivity contribution is 5.99. The fourth-order valence-electron chi connectivity index (χ4n) is 7.01. The van der Waals surface area contributed by atoms with Crippen molar-refractivity contribution >= 4 is 17.7 Å². The lowest BCUT2D eigenvalue weighted by Gasteiger charge is -2.29. The van der Waals surface area contributed by atoms with E-state index in [0.29, 0.717) is 19.3 Å². The second-order valence-corrected chi connectivity index (χ2v) is 14.1. The number of carbonyl (C=O) groups is 3. The molecule has 0 aliphatic heterocycles. The van der Waals surface area contributed by atoms with Crippen molar-refractivity contribution in [2.75, 3.05) is 0 Å². The van der Waals surface area contributed by atoms with Crippen molar-refractivity contribution in [3.63, 3.8) is 0 Å². The zero-order chi connectivity index (χ0) is 44.6. The normalized spacial score (nSPS) is 12.7. The zero-order valence-corrected chi connectivity index (χ0v) is 34.2. The summed E-state index contributed by atoms with van der Waals surface area (Å²) in [6.45, 7) is 11.9. The van der Waals surface area contributed by atoms with Crippen molar-refractivity contribution in [3.05, 3.63) is 86.5 Å². The van der Waals surface area contributed by atoms with Gasteiger partial charge in [0.25, 0.3) is 17.7 Å². The molecule has 18 heteroatoms. The van der Waals surface area contributed by atoms with Gasteiger partial charge in [-0.25, -0.2) is 0 Å².